The molecule has 25 heavy (non-hydrogen) atoms. The van der Waals surface area contributed by atoms with Gasteiger partial charge < -0.3 is 19.5 Å². The summed E-state index contributed by atoms with van der Waals surface area (Å²) >= 11 is 0. The Kier molecular flexibility index (Phi) is 5.12. The molecule has 0 bridgehead atoms. The van der Waals surface area contributed by atoms with E-state index in [1.807, 2.05) is 17.0 Å². The number of hydrogen-bond donors (Lipinski definition) is 1. The third-order valence-electron chi connectivity index (χ3n) is 4.78. The van der Waals surface area contributed by atoms with E-state index >= 15 is 0 Å². The standard InChI is InChI=1S/C20H23NO4/c1-24-18-8-5-16(13-19(18)25-2)20(23)21-11-9-15(10-12-21)14-3-6-17(22)7-4-14/h3-8,13,15,22H,9-12H2,1-2H3. The summed E-state index contributed by atoms with van der Waals surface area (Å²) in [6.45, 7) is 1.44. The van der Waals surface area contributed by atoms with Gasteiger partial charge in [-0.2, -0.15) is 0 Å². The zero-order valence-electron chi connectivity index (χ0n) is 14.6. The molecule has 1 aliphatic heterocycles. The first-order valence-corrected chi connectivity index (χ1v) is 8.42. The first kappa shape index (κ1) is 17.1. The van der Waals surface area contributed by atoms with Gasteiger partial charge in [0.25, 0.3) is 5.91 Å². The van der Waals surface area contributed by atoms with Crippen LogP contribution in [0, 0.1) is 0 Å². The number of ether oxygens (including phenoxy) is 2. The highest BCUT2D eigenvalue weighted by Gasteiger charge is 2.25. The van der Waals surface area contributed by atoms with Crippen LogP contribution < -0.4 is 9.47 Å². The number of carbonyl (C=O) groups excluding carboxylic acids is 1. The minimum Gasteiger partial charge on any atom is -0.508 e. The van der Waals surface area contributed by atoms with Crippen LogP contribution in [0.3, 0.4) is 0 Å². The largest absolute Gasteiger partial charge is 0.508 e. The van der Waals surface area contributed by atoms with Gasteiger partial charge in [0.1, 0.15) is 5.75 Å². The van der Waals surface area contributed by atoms with E-state index in [4.69, 9.17) is 9.47 Å². The number of benzene rings is 2. The van der Waals surface area contributed by atoms with Crippen LogP contribution in [0.4, 0.5) is 0 Å². The fourth-order valence-corrected chi connectivity index (χ4v) is 3.31. The van der Waals surface area contributed by atoms with E-state index in [1.54, 1.807) is 44.6 Å². The smallest absolute Gasteiger partial charge is 0.253 e. The highest BCUT2D eigenvalue weighted by atomic mass is 16.5. The Morgan fingerprint density at radius 1 is 1.00 bits per heavy atom. The van der Waals surface area contributed by atoms with Crippen molar-refractivity contribution in [2.45, 2.75) is 18.8 Å². The molecule has 5 nitrogen and oxygen atoms in total. The molecule has 1 fully saturated rings. The summed E-state index contributed by atoms with van der Waals surface area (Å²) in [6, 6.07) is 12.6. The van der Waals surface area contributed by atoms with E-state index in [-0.39, 0.29) is 11.7 Å². The van der Waals surface area contributed by atoms with E-state index in [0.29, 0.717) is 23.0 Å². The molecular weight excluding hydrogens is 318 g/mol. The minimum absolute atomic E-state index is 0.0186. The minimum atomic E-state index is 0.0186. The third kappa shape index (κ3) is 3.71. The highest BCUT2D eigenvalue weighted by molar-refractivity contribution is 5.95. The lowest BCUT2D eigenvalue weighted by atomic mass is 9.89. The van der Waals surface area contributed by atoms with E-state index < -0.39 is 0 Å². The highest BCUT2D eigenvalue weighted by Crippen LogP contribution is 2.31. The van der Waals surface area contributed by atoms with Gasteiger partial charge in [0, 0.05) is 18.7 Å². The number of nitrogens with zero attached hydrogens (tertiary/aromatic N) is 1. The van der Waals surface area contributed by atoms with E-state index in [0.717, 1.165) is 25.9 Å². The molecule has 0 aliphatic carbocycles. The number of aromatic hydroxyl groups is 1. The molecule has 0 radical (unpaired) electrons. The maximum atomic E-state index is 12.8. The van der Waals surface area contributed by atoms with Crippen molar-refractivity contribution < 1.29 is 19.4 Å². The molecule has 0 aromatic heterocycles. The van der Waals surface area contributed by atoms with Gasteiger partial charge in [0.05, 0.1) is 14.2 Å². The van der Waals surface area contributed by atoms with Crippen LogP contribution in [0.2, 0.25) is 0 Å². The van der Waals surface area contributed by atoms with Crippen LogP contribution in [-0.2, 0) is 0 Å². The Balaban J connectivity index is 1.66. The number of hydrogen-bond acceptors (Lipinski definition) is 4. The molecule has 1 heterocycles. The fraction of sp³-hybridized carbons (Fsp3) is 0.350. The van der Waals surface area contributed by atoms with Crippen molar-refractivity contribution in [2.24, 2.45) is 0 Å². The topological polar surface area (TPSA) is 59.0 Å². The van der Waals surface area contributed by atoms with Crippen LogP contribution >= 0.6 is 0 Å². The molecule has 0 spiro atoms. The number of rotatable bonds is 4. The van der Waals surface area contributed by atoms with Crippen molar-refractivity contribution in [1.29, 1.82) is 0 Å². The molecule has 0 unspecified atom stereocenters. The van der Waals surface area contributed by atoms with Crippen LogP contribution in [0.5, 0.6) is 17.2 Å². The number of likely N-dealkylation sites (tertiary alicyclic amines) is 1. The van der Waals surface area contributed by atoms with Gasteiger partial charge in [-0.3, -0.25) is 4.79 Å². The van der Waals surface area contributed by atoms with Gasteiger partial charge in [-0.25, -0.2) is 0 Å². The van der Waals surface area contributed by atoms with Crippen LogP contribution in [-0.4, -0.2) is 43.2 Å². The number of phenolic OH excluding ortho intramolecular Hbond substituents is 1. The summed E-state index contributed by atoms with van der Waals surface area (Å²) in [5, 5.41) is 9.40. The second kappa shape index (κ2) is 7.47. The predicted octanol–water partition coefficient (Wildman–Crippen LogP) is 3.43. The molecule has 5 heteroatoms. The molecule has 0 atom stereocenters. The number of piperidine rings is 1. The van der Waals surface area contributed by atoms with Crippen molar-refractivity contribution in [2.75, 3.05) is 27.3 Å². The molecule has 0 saturated carbocycles. The molecule has 1 N–H and O–H groups in total. The maximum absolute atomic E-state index is 12.8. The lowest BCUT2D eigenvalue weighted by Crippen LogP contribution is -2.37. The van der Waals surface area contributed by atoms with Gasteiger partial charge in [-0.1, -0.05) is 12.1 Å². The Labute approximate surface area is 147 Å². The molecule has 1 saturated heterocycles. The van der Waals surface area contributed by atoms with Gasteiger partial charge in [0.2, 0.25) is 0 Å². The van der Waals surface area contributed by atoms with Crippen molar-refractivity contribution in [3.05, 3.63) is 53.6 Å². The summed E-state index contributed by atoms with van der Waals surface area (Å²) < 4.78 is 10.5. The second-order valence-corrected chi connectivity index (χ2v) is 6.23. The molecule has 1 aliphatic rings. The van der Waals surface area contributed by atoms with E-state index in [9.17, 15) is 9.90 Å². The predicted molar refractivity (Wildman–Crippen MR) is 95.5 cm³/mol. The summed E-state index contributed by atoms with van der Waals surface area (Å²) in [7, 11) is 3.14. The Morgan fingerprint density at radius 2 is 1.64 bits per heavy atom. The van der Waals surface area contributed by atoms with Crippen LogP contribution in [0.25, 0.3) is 0 Å². The molecule has 2 aromatic carbocycles. The Bertz CT molecular complexity index is 734. The molecule has 132 valence electrons. The summed E-state index contributed by atoms with van der Waals surface area (Å²) in [5.74, 6) is 1.90. The summed E-state index contributed by atoms with van der Waals surface area (Å²) in [6.07, 6.45) is 1.84. The monoisotopic (exact) mass is 341 g/mol. The van der Waals surface area contributed by atoms with Crippen molar-refractivity contribution in [3.63, 3.8) is 0 Å². The average Bonchev–Trinajstić information content (AvgIpc) is 2.67. The first-order valence-electron chi connectivity index (χ1n) is 8.42. The lowest BCUT2D eigenvalue weighted by Gasteiger charge is -2.32. The fourth-order valence-electron chi connectivity index (χ4n) is 3.31. The first-order chi connectivity index (χ1) is 12.1. The van der Waals surface area contributed by atoms with E-state index in [2.05, 4.69) is 0 Å². The zero-order chi connectivity index (χ0) is 17.8. The molecular formula is C20H23NO4. The van der Waals surface area contributed by atoms with E-state index in [1.165, 1.54) is 5.56 Å². The van der Waals surface area contributed by atoms with Gasteiger partial charge >= 0.3 is 0 Å². The maximum Gasteiger partial charge on any atom is 0.253 e. The number of amides is 1. The number of carbonyl (C=O) groups is 1. The summed E-state index contributed by atoms with van der Waals surface area (Å²) in [4.78, 5) is 14.6. The lowest BCUT2D eigenvalue weighted by molar-refractivity contribution is 0.0712. The van der Waals surface area contributed by atoms with Crippen molar-refractivity contribution >= 4 is 5.91 Å². The Hall–Kier alpha value is -2.69. The zero-order valence-corrected chi connectivity index (χ0v) is 14.6. The summed E-state index contributed by atoms with van der Waals surface area (Å²) in [5.41, 5.74) is 1.83. The number of phenols is 1. The average molecular weight is 341 g/mol. The van der Waals surface area contributed by atoms with Crippen LogP contribution in [0.1, 0.15) is 34.7 Å². The van der Waals surface area contributed by atoms with Gasteiger partial charge in [-0.15, -0.1) is 0 Å². The molecule has 2 aromatic rings. The number of methoxy groups -OCH3 is 2. The van der Waals surface area contributed by atoms with Gasteiger partial charge in [-0.05, 0) is 54.7 Å². The molecule has 3 rings (SSSR count). The third-order valence-corrected chi connectivity index (χ3v) is 4.78. The SMILES string of the molecule is COc1ccc(C(=O)N2CCC(c3ccc(O)cc3)CC2)cc1OC. The van der Waals surface area contributed by atoms with Gasteiger partial charge in [0.15, 0.2) is 11.5 Å². The van der Waals surface area contributed by atoms with Crippen molar-refractivity contribution in [1.82, 2.24) is 4.90 Å². The molecule has 1 amide bonds. The normalized spacial score (nSPS) is 15.0. The second-order valence-electron chi connectivity index (χ2n) is 6.23. The van der Waals surface area contributed by atoms with Crippen molar-refractivity contribution in [3.8, 4) is 17.2 Å². The van der Waals surface area contributed by atoms with Crippen LogP contribution in [0.15, 0.2) is 42.5 Å². The Morgan fingerprint density at radius 3 is 2.24 bits per heavy atom. The quantitative estimate of drug-likeness (QED) is 0.926.